The van der Waals surface area contributed by atoms with Gasteiger partial charge in [0.2, 0.25) is 11.8 Å². The first kappa shape index (κ1) is 13.3. The summed E-state index contributed by atoms with van der Waals surface area (Å²) in [6.45, 7) is 8.25. The minimum atomic E-state index is -0.359. The fourth-order valence-corrected chi connectivity index (χ4v) is 2.83. The summed E-state index contributed by atoms with van der Waals surface area (Å²) in [5.41, 5.74) is 0. The summed E-state index contributed by atoms with van der Waals surface area (Å²) in [6, 6.07) is -0.359. The molecule has 0 aromatic rings. The van der Waals surface area contributed by atoms with Gasteiger partial charge in [-0.2, -0.15) is 0 Å². The fraction of sp³-hybridized carbons (Fsp3) is 0.846. The minimum Gasteiger partial charge on any atom is -0.343 e. The number of nitrogens with zero attached hydrogens (tertiary/aromatic N) is 2. The molecule has 2 rings (SSSR count). The molecule has 1 unspecified atom stereocenters. The molecule has 2 amide bonds. The van der Waals surface area contributed by atoms with Crippen LogP contribution in [0.2, 0.25) is 0 Å². The van der Waals surface area contributed by atoms with Crippen LogP contribution in [-0.2, 0) is 9.59 Å². The van der Waals surface area contributed by atoms with Crippen molar-refractivity contribution in [1.29, 1.82) is 0 Å². The van der Waals surface area contributed by atoms with Crippen molar-refractivity contribution in [2.75, 3.05) is 32.7 Å². The molecule has 18 heavy (non-hydrogen) atoms. The molecule has 1 atom stereocenters. The van der Waals surface area contributed by atoms with Crippen LogP contribution in [0, 0.1) is 5.92 Å². The van der Waals surface area contributed by atoms with Gasteiger partial charge >= 0.3 is 0 Å². The van der Waals surface area contributed by atoms with Gasteiger partial charge in [-0.15, -0.1) is 0 Å². The van der Waals surface area contributed by atoms with Gasteiger partial charge < -0.3 is 15.1 Å². The summed E-state index contributed by atoms with van der Waals surface area (Å²) in [4.78, 5) is 27.6. The van der Waals surface area contributed by atoms with Crippen LogP contribution in [0.15, 0.2) is 0 Å². The molecule has 2 aliphatic heterocycles. The Balaban J connectivity index is 1.85. The van der Waals surface area contributed by atoms with E-state index < -0.39 is 0 Å². The average Bonchev–Trinajstić information content (AvgIpc) is 2.36. The molecule has 0 saturated carbocycles. The smallest absolute Gasteiger partial charge is 0.245 e. The molecule has 2 saturated heterocycles. The van der Waals surface area contributed by atoms with E-state index in [1.807, 2.05) is 0 Å². The molecule has 5 nitrogen and oxygen atoms in total. The first-order chi connectivity index (χ1) is 8.60. The molecule has 1 N–H and O–H groups in total. The molecule has 0 bridgehead atoms. The summed E-state index contributed by atoms with van der Waals surface area (Å²) in [5.74, 6) is 0.579. The zero-order valence-corrected chi connectivity index (χ0v) is 11.3. The second-order valence-corrected chi connectivity index (χ2v) is 5.39. The topological polar surface area (TPSA) is 52.6 Å². The maximum Gasteiger partial charge on any atom is 0.245 e. The van der Waals surface area contributed by atoms with Crippen LogP contribution in [0.4, 0.5) is 0 Å². The number of hydrogen-bond donors (Lipinski definition) is 1. The monoisotopic (exact) mass is 253 g/mol. The molecular formula is C13H23N3O2. The van der Waals surface area contributed by atoms with Crippen molar-refractivity contribution in [3.05, 3.63) is 0 Å². The standard InChI is InChI=1S/C13H23N3O2/c1-3-15-6-4-11(5-7-15)8-16-9-12(17)14-10(2)13(16)18/h10-11H,3-9H2,1-2H3,(H,14,17). The zero-order valence-electron chi connectivity index (χ0n) is 11.3. The summed E-state index contributed by atoms with van der Waals surface area (Å²) < 4.78 is 0. The number of piperidine rings is 1. The van der Waals surface area contributed by atoms with Gasteiger partial charge in [-0.05, 0) is 45.3 Å². The third-order valence-electron chi connectivity index (χ3n) is 4.03. The van der Waals surface area contributed by atoms with Crippen molar-refractivity contribution < 1.29 is 9.59 Å². The average molecular weight is 253 g/mol. The Morgan fingerprint density at radius 3 is 2.56 bits per heavy atom. The molecule has 2 heterocycles. The van der Waals surface area contributed by atoms with Crippen LogP contribution in [0.5, 0.6) is 0 Å². The van der Waals surface area contributed by atoms with Gasteiger partial charge in [0, 0.05) is 6.54 Å². The van der Waals surface area contributed by atoms with Crippen molar-refractivity contribution in [1.82, 2.24) is 15.1 Å². The second-order valence-electron chi connectivity index (χ2n) is 5.39. The molecule has 0 aliphatic carbocycles. The quantitative estimate of drug-likeness (QED) is 0.774. The van der Waals surface area contributed by atoms with E-state index in [0.29, 0.717) is 5.92 Å². The summed E-state index contributed by atoms with van der Waals surface area (Å²) in [6.07, 6.45) is 2.27. The maximum atomic E-state index is 12.0. The Labute approximate surface area is 108 Å². The SMILES string of the molecule is CCN1CCC(CN2CC(=O)NC(C)C2=O)CC1. The van der Waals surface area contributed by atoms with Gasteiger partial charge in [0.15, 0.2) is 0 Å². The molecule has 0 aromatic heterocycles. The van der Waals surface area contributed by atoms with Gasteiger partial charge in [0.1, 0.15) is 6.04 Å². The number of likely N-dealkylation sites (tertiary alicyclic amines) is 1. The number of amides is 2. The highest BCUT2D eigenvalue weighted by Gasteiger charge is 2.31. The minimum absolute atomic E-state index is 0.0342. The van der Waals surface area contributed by atoms with Crippen molar-refractivity contribution in [2.45, 2.75) is 32.7 Å². The summed E-state index contributed by atoms with van der Waals surface area (Å²) in [5, 5.41) is 2.67. The van der Waals surface area contributed by atoms with Crippen LogP contribution in [0.3, 0.4) is 0 Å². The molecule has 5 heteroatoms. The summed E-state index contributed by atoms with van der Waals surface area (Å²) in [7, 11) is 0. The molecule has 2 fully saturated rings. The van der Waals surface area contributed by atoms with E-state index in [0.717, 1.165) is 39.0 Å². The van der Waals surface area contributed by atoms with Gasteiger partial charge in [-0.1, -0.05) is 6.92 Å². The van der Waals surface area contributed by atoms with Gasteiger partial charge in [0.25, 0.3) is 0 Å². The lowest BCUT2D eigenvalue weighted by Gasteiger charge is -2.37. The molecule has 0 radical (unpaired) electrons. The van der Waals surface area contributed by atoms with E-state index in [1.165, 1.54) is 0 Å². The lowest BCUT2D eigenvalue weighted by atomic mass is 9.95. The first-order valence-electron chi connectivity index (χ1n) is 6.90. The third-order valence-corrected chi connectivity index (χ3v) is 4.03. The van der Waals surface area contributed by atoms with Gasteiger partial charge in [0.05, 0.1) is 6.54 Å². The van der Waals surface area contributed by atoms with Crippen LogP contribution in [0.25, 0.3) is 0 Å². The number of carbonyl (C=O) groups is 2. The number of nitrogens with one attached hydrogen (secondary N) is 1. The molecule has 2 aliphatic rings. The van der Waals surface area contributed by atoms with Crippen LogP contribution < -0.4 is 5.32 Å². The number of carbonyl (C=O) groups excluding carboxylic acids is 2. The van der Waals surface area contributed by atoms with Crippen molar-refractivity contribution in [3.63, 3.8) is 0 Å². The van der Waals surface area contributed by atoms with Gasteiger partial charge in [-0.3, -0.25) is 9.59 Å². The predicted molar refractivity (Wildman–Crippen MR) is 69.0 cm³/mol. The maximum absolute atomic E-state index is 12.0. The van der Waals surface area contributed by atoms with E-state index in [4.69, 9.17) is 0 Å². The van der Waals surface area contributed by atoms with E-state index in [1.54, 1.807) is 11.8 Å². The van der Waals surface area contributed by atoms with Crippen molar-refractivity contribution in [3.8, 4) is 0 Å². The highest BCUT2D eigenvalue weighted by atomic mass is 16.2. The highest BCUT2D eigenvalue weighted by Crippen LogP contribution is 2.19. The second kappa shape index (κ2) is 5.69. The van der Waals surface area contributed by atoms with E-state index >= 15 is 0 Å². The molecule has 0 spiro atoms. The van der Waals surface area contributed by atoms with Crippen LogP contribution in [-0.4, -0.2) is 60.4 Å². The van der Waals surface area contributed by atoms with E-state index in [9.17, 15) is 9.59 Å². The van der Waals surface area contributed by atoms with E-state index in [2.05, 4.69) is 17.1 Å². The predicted octanol–water partition coefficient (Wildman–Crippen LogP) is 0.0652. The Hall–Kier alpha value is -1.10. The molecule has 0 aromatic carbocycles. The van der Waals surface area contributed by atoms with E-state index in [-0.39, 0.29) is 24.4 Å². The number of piperazine rings is 1. The lowest BCUT2D eigenvalue weighted by molar-refractivity contribution is -0.144. The Kier molecular flexibility index (Phi) is 4.22. The number of hydrogen-bond acceptors (Lipinski definition) is 3. The highest BCUT2D eigenvalue weighted by molar-refractivity contribution is 5.94. The van der Waals surface area contributed by atoms with Crippen molar-refractivity contribution >= 4 is 11.8 Å². The number of rotatable bonds is 3. The Morgan fingerprint density at radius 2 is 1.94 bits per heavy atom. The Morgan fingerprint density at radius 1 is 1.28 bits per heavy atom. The van der Waals surface area contributed by atoms with Crippen LogP contribution >= 0.6 is 0 Å². The summed E-state index contributed by atoms with van der Waals surface area (Å²) >= 11 is 0. The Bertz CT molecular complexity index is 324. The fourth-order valence-electron chi connectivity index (χ4n) is 2.83. The normalized spacial score (nSPS) is 27.4. The molecule has 102 valence electrons. The van der Waals surface area contributed by atoms with Crippen LogP contribution in [0.1, 0.15) is 26.7 Å². The zero-order chi connectivity index (χ0) is 13.1. The first-order valence-corrected chi connectivity index (χ1v) is 6.90. The molecular weight excluding hydrogens is 230 g/mol. The van der Waals surface area contributed by atoms with Crippen molar-refractivity contribution in [2.24, 2.45) is 5.92 Å². The largest absolute Gasteiger partial charge is 0.343 e. The lowest BCUT2D eigenvalue weighted by Crippen LogP contribution is -2.58. The van der Waals surface area contributed by atoms with Gasteiger partial charge in [-0.25, -0.2) is 0 Å². The third kappa shape index (κ3) is 3.02.